The highest BCUT2D eigenvalue weighted by atomic mass is 35.5. The van der Waals surface area contributed by atoms with E-state index < -0.39 is 17.4 Å². The molecule has 5 rings (SSSR count). The molecule has 1 fully saturated rings. The third kappa shape index (κ3) is 4.57. The minimum absolute atomic E-state index is 0.0561. The number of hydrogen-bond acceptors (Lipinski definition) is 10. The molecule has 3 aromatic heterocycles. The topological polar surface area (TPSA) is 125 Å². The van der Waals surface area contributed by atoms with Crippen molar-refractivity contribution in [2.75, 3.05) is 38.3 Å². The Balaban J connectivity index is 1.67. The molecule has 0 spiro atoms. The number of amides is 1. The zero-order valence-corrected chi connectivity index (χ0v) is 22.9. The van der Waals surface area contributed by atoms with Crippen LogP contribution in [0.5, 0.6) is 11.6 Å². The number of rotatable bonds is 3. The highest BCUT2D eigenvalue weighted by molar-refractivity contribution is 6.30. The highest BCUT2D eigenvalue weighted by Crippen LogP contribution is 2.39. The molecule has 5 heterocycles. The molecule has 0 radical (unpaired) electrons. The molecule has 0 unspecified atom stereocenters. The first-order valence-corrected chi connectivity index (χ1v) is 12.8. The smallest absolute Gasteiger partial charge is 0.410 e. The molecular weight excluding hydrogens is 514 g/mol. The fourth-order valence-electron chi connectivity index (χ4n) is 4.77. The van der Waals surface area contributed by atoms with E-state index in [4.69, 9.17) is 25.8 Å². The van der Waals surface area contributed by atoms with Crippen molar-refractivity contribution >= 4 is 34.5 Å². The average Bonchev–Trinajstić information content (AvgIpc) is 2.99. The van der Waals surface area contributed by atoms with Crippen LogP contribution in [0.3, 0.4) is 0 Å². The summed E-state index contributed by atoms with van der Waals surface area (Å²) < 4.78 is 18.6. The van der Waals surface area contributed by atoms with E-state index in [0.717, 1.165) is 0 Å². The zero-order valence-electron chi connectivity index (χ0n) is 22.2. The van der Waals surface area contributed by atoms with E-state index in [1.807, 2.05) is 39.5 Å². The second-order valence-electron chi connectivity index (χ2n) is 10.6. The van der Waals surface area contributed by atoms with Crippen molar-refractivity contribution in [3.05, 3.63) is 33.7 Å². The number of methoxy groups -OCH3 is 1. The number of aromatic nitrogens is 5. The van der Waals surface area contributed by atoms with Gasteiger partial charge in [-0.15, -0.1) is 0 Å². The van der Waals surface area contributed by atoms with Crippen molar-refractivity contribution in [3.63, 3.8) is 0 Å². The number of hydrogen-bond donors (Lipinski definition) is 0. The largest absolute Gasteiger partial charge is 0.490 e. The Kier molecular flexibility index (Phi) is 6.54. The lowest BCUT2D eigenvalue weighted by molar-refractivity contribution is 0.0202. The van der Waals surface area contributed by atoms with Crippen LogP contribution in [0.15, 0.2) is 17.2 Å². The molecule has 38 heavy (non-hydrogen) atoms. The lowest BCUT2D eigenvalue weighted by Crippen LogP contribution is -2.57. The number of carbonyl (C=O) groups is 1. The normalized spacial score (nSPS) is 17.2. The summed E-state index contributed by atoms with van der Waals surface area (Å²) in [5, 5.41) is 0.679. The predicted octanol–water partition coefficient (Wildman–Crippen LogP) is 3.17. The Morgan fingerprint density at radius 1 is 1.21 bits per heavy atom. The SMILES string of the molecule is COc1ncnc(C(C)C)c1-n1c(=O)nc2c3c(cc(Cl)nc31)OC[C@H]1CN(C(=O)OC(C)(C)C)CCN21. The van der Waals surface area contributed by atoms with Gasteiger partial charge in [-0.3, -0.25) is 0 Å². The Morgan fingerprint density at radius 3 is 2.66 bits per heavy atom. The van der Waals surface area contributed by atoms with Gasteiger partial charge in [0.25, 0.3) is 0 Å². The fourth-order valence-corrected chi connectivity index (χ4v) is 4.95. The maximum Gasteiger partial charge on any atom is 0.410 e. The van der Waals surface area contributed by atoms with E-state index >= 15 is 0 Å². The van der Waals surface area contributed by atoms with Gasteiger partial charge in [0.2, 0.25) is 5.88 Å². The molecule has 3 aromatic rings. The van der Waals surface area contributed by atoms with Crippen LogP contribution in [0.4, 0.5) is 10.6 Å². The molecule has 1 atom stereocenters. The van der Waals surface area contributed by atoms with E-state index in [1.54, 1.807) is 11.0 Å². The summed E-state index contributed by atoms with van der Waals surface area (Å²) in [6, 6.07) is 1.34. The van der Waals surface area contributed by atoms with Crippen molar-refractivity contribution in [1.29, 1.82) is 0 Å². The summed E-state index contributed by atoms with van der Waals surface area (Å²) >= 11 is 6.43. The van der Waals surface area contributed by atoms with Gasteiger partial charge in [-0.25, -0.2) is 24.1 Å². The Morgan fingerprint density at radius 2 is 1.97 bits per heavy atom. The van der Waals surface area contributed by atoms with E-state index in [1.165, 1.54) is 18.0 Å². The summed E-state index contributed by atoms with van der Waals surface area (Å²) in [6.07, 6.45) is 0.999. The number of anilines is 1. The van der Waals surface area contributed by atoms with Gasteiger partial charge in [0.15, 0.2) is 5.65 Å². The predicted molar refractivity (Wildman–Crippen MR) is 141 cm³/mol. The van der Waals surface area contributed by atoms with Crippen LogP contribution in [-0.2, 0) is 4.74 Å². The minimum Gasteiger partial charge on any atom is -0.490 e. The van der Waals surface area contributed by atoms with Crippen molar-refractivity contribution < 1.29 is 19.0 Å². The van der Waals surface area contributed by atoms with E-state index in [0.29, 0.717) is 48.0 Å². The molecule has 0 saturated carbocycles. The van der Waals surface area contributed by atoms with Crippen LogP contribution in [0.25, 0.3) is 16.7 Å². The molecule has 202 valence electrons. The van der Waals surface area contributed by atoms with Gasteiger partial charge >= 0.3 is 11.8 Å². The lowest BCUT2D eigenvalue weighted by atomic mass is 10.1. The standard InChI is InChI=1S/C25H30ClN7O5/c1-13(2)18-19(22(36-6)28-12-27-18)33-21-17-15(9-16(26)29-21)37-11-14-10-31(24(35)38-25(3,4)5)7-8-32(14)20(17)30-23(33)34/h9,12-14H,7-8,10-11H2,1-6H3/t14-/m1/s1. The van der Waals surface area contributed by atoms with Crippen molar-refractivity contribution in [3.8, 4) is 17.3 Å². The number of pyridine rings is 1. The van der Waals surface area contributed by atoms with Gasteiger partial charge in [-0.1, -0.05) is 25.4 Å². The Bertz CT molecular complexity index is 1470. The van der Waals surface area contributed by atoms with Crippen molar-refractivity contribution in [2.24, 2.45) is 0 Å². The molecule has 0 aromatic carbocycles. The van der Waals surface area contributed by atoms with Crippen LogP contribution in [-0.4, -0.2) is 80.5 Å². The Labute approximate surface area is 224 Å². The first-order chi connectivity index (χ1) is 18.0. The average molecular weight is 544 g/mol. The van der Waals surface area contributed by atoms with E-state index in [2.05, 4.69) is 19.9 Å². The van der Waals surface area contributed by atoms with Gasteiger partial charge < -0.3 is 24.0 Å². The summed E-state index contributed by atoms with van der Waals surface area (Å²) in [6.45, 7) is 10.8. The number of halogens is 1. The molecular formula is C25H30ClN7O5. The van der Waals surface area contributed by atoms with Crippen LogP contribution in [0.1, 0.15) is 46.2 Å². The van der Waals surface area contributed by atoms with Crippen LogP contribution in [0.2, 0.25) is 5.15 Å². The van der Waals surface area contributed by atoms with Crippen LogP contribution < -0.4 is 20.1 Å². The third-order valence-electron chi connectivity index (χ3n) is 6.38. The van der Waals surface area contributed by atoms with Crippen molar-refractivity contribution in [1.82, 2.24) is 29.4 Å². The monoisotopic (exact) mass is 543 g/mol. The molecule has 0 N–H and O–H groups in total. The molecule has 2 aliphatic rings. The van der Waals surface area contributed by atoms with Gasteiger partial charge in [0.05, 0.1) is 18.8 Å². The van der Waals surface area contributed by atoms with Gasteiger partial charge in [-0.2, -0.15) is 9.97 Å². The quantitative estimate of drug-likeness (QED) is 0.455. The number of ether oxygens (including phenoxy) is 3. The first-order valence-electron chi connectivity index (χ1n) is 12.4. The van der Waals surface area contributed by atoms with Crippen LogP contribution >= 0.6 is 11.6 Å². The van der Waals surface area contributed by atoms with Gasteiger partial charge in [0.1, 0.15) is 46.3 Å². The summed E-state index contributed by atoms with van der Waals surface area (Å²) in [7, 11) is 1.48. The van der Waals surface area contributed by atoms with Crippen LogP contribution in [0, 0.1) is 0 Å². The molecule has 2 aliphatic heterocycles. The molecule has 1 saturated heterocycles. The van der Waals surface area contributed by atoms with Gasteiger partial charge in [-0.05, 0) is 26.7 Å². The van der Waals surface area contributed by atoms with Gasteiger partial charge in [0, 0.05) is 25.7 Å². The maximum atomic E-state index is 13.7. The molecule has 1 amide bonds. The summed E-state index contributed by atoms with van der Waals surface area (Å²) in [5.74, 6) is 1.02. The summed E-state index contributed by atoms with van der Waals surface area (Å²) in [5.41, 5.74) is 0.0106. The van der Waals surface area contributed by atoms with E-state index in [-0.39, 0.29) is 35.2 Å². The molecule has 0 bridgehead atoms. The number of piperazine rings is 1. The number of nitrogens with zero attached hydrogens (tertiary/aromatic N) is 7. The number of carbonyl (C=O) groups excluding carboxylic acids is 1. The zero-order chi connectivity index (χ0) is 27.4. The fraction of sp³-hybridized carbons (Fsp3) is 0.520. The molecule has 12 nitrogen and oxygen atoms in total. The second-order valence-corrected chi connectivity index (χ2v) is 10.9. The Hall–Kier alpha value is -3.67. The first kappa shape index (κ1) is 26.0. The lowest BCUT2D eigenvalue weighted by Gasteiger charge is -2.41. The van der Waals surface area contributed by atoms with Crippen molar-refractivity contribution in [2.45, 2.75) is 52.2 Å². The second kappa shape index (κ2) is 9.57. The molecule has 13 heteroatoms. The molecule has 0 aliphatic carbocycles. The third-order valence-corrected chi connectivity index (χ3v) is 6.57. The number of fused-ring (bicyclic) bond motifs is 2. The summed E-state index contributed by atoms with van der Waals surface area (Å²) in [4.78, 5) is 47.8. The minimum atomic E-state index is -0.609. The van der Waals surface area contributed by atoms with E-state index in [9.17, 15) is 9.59 Å². The highest BCUT2D eigenvalue weighted by Gasteiger charge is 2.37. The maximum absolute atomic E-state index is 13.7.